The van der Waals surface area contributed by atoms with Gasteiger partial charge in [0.1, 0.15) is 11.6 Å². The first-order valence-corrected chi connectivity index (χ1v) is 6.77. The molecule has 0 amide bonds. The van der Waals surface area contributed by atoms with Gasteiger partial charge in [0, 0.05) is 11.6 Å². The number of nitrogens with one attached hydrogen (secondary N) is 1. The van der Waals surface area contributed by atoms with Crippen LogP contribution >= 0.6 is 11.6 Å². The maximum Gasteiger partial charge on any atom is 0.146 e. The van der Waals surface area contributed by atoms with Crippen LogP contribution in [-0.2, 0) is 6.42 Å². The van der Waals surface area contributed by atoms with Gasteiger partial charge in [-0.15, -0.1) is 0 Å². The van der Waals surface area contributed by atoms with Crippen molar-refractivity contribution >= 4 is 11.6 Å². The number of hydrogen-bond donors (Lipinski definition) is 1. The van der Waals surface area contributed by atoms with Gasteiger partial charge in [0.2, 0.25) is 0 Å². The summed E-state index contributed by atoms with van der Waals surface area (Å²) < 4.78 is 27.2. The van der Waals surface area contributed by atoms with Gasteiger partial charge in [-0.3, -0.25) is 0 Å². The molecule has 0 heterocycles. The molecule has 2 rings (SSSR count). The van der Waals surface area contributed by atoms with Gasteiger partial charge in [0.05, 0.1) is 5.02 Å². The van der Waals surface area contributed by atoms with Gasteiger partial charge in [0.25, 0.3) is 0 Å². The molecule has 1 unspecified atom stereocenters. The van der Waals surface area contributed by atoms with E-state index in [4.69, 9.17) is 11.6 Å². The fourth-order valence-corrected chi connectivity index (χ4v) is 2.45. The molecule has 4 heteroatoms. The highest BCUT2D eigenvalue weighted by molar-refractivity contribution is 6.30. The predicted octanol–water partition coefficient (Wildman–Crippen LogP) is 4.43. The number of hydrogen-bond acceptors (Lipinski definition) is 1. The second-order valence-electron chi connectivity index (χ2n) is 4.76. The lowest BCUT2D eigenvalue weighted by Gasteiger charge is -2.19. The van der Waals surface area contributed by atoms with E-state index in [2.05, 4.69) is 5.32 Å². The molecule has 0 radical (unpaired) electrons. The van der Waals surface area contributed by atoms with Crippen LogP contribution in [0.5, 0.6) is 0 Å². The molecule has 2 aromatic carbocycles. The number of benzene rings is 2. The van der Waals surface area contributed by atoms with Crippen LogP contribution in [0.4, 0.5) is 8.78 Å². The van der Waals surface area contributed by atoms with Crippen molar-refractivity contribution in [3.63, 3.8) is 0 Å². The maximum absolute atomic E-state index is 14.1. The molecule has 20 heavy (non-hydrogen) atoms. The van der Waals surface area contributed by atoms with Crippen molar-refractivity contribution in [2.75, 3.05) is 7.05 Å². The van der Waals surface area contributed by atoms with Gasteiger partial charge in [-0.1, -0.05) is 29.8 Å². The summed E-state index contributed by atoms with van der Waals surface area (Å²) in [5, 5.41) is 3.19. The summed E-state index contributed by atoms with van der Waals surface area (Å²) in [5.74, 6) is -0.672. The zero-order valence-corrected chi connectivity index (χ0v) is 12.1. The van der Waals surface area contributed by atoms with E-state index in [1.54, 1.807) is 25.2 Å². The van der Waals surface area contributed by atoms with E-state index in [0.717, 1.165) is 11.1 Å². The smallest absolute Gasteiger partial charge is 0.146 e. The molecule has 1 N–H and O–H groups in total. The molecule has 0 aromatic heterocycles. The number of rotatable bonds is 4. The van der Waals surface area contributed by atoms with Crippen molar-refractivity contribution < 1.29 is 8.78 Å². The van der Waals surface area contributed by atoms with Crippen LogP contribution in [0.1, 0.15) is 22.7 Å². The van der Waals surface area contributed by atoms with Crippen molar-refractivity contribution in [1.82, 2.24) is 5.32 Å². The molecule has 1 nitrogen and oxygen atoms in total. The molecule has 0 aliphatic heterocycles. The molecule has 0 aliphatic carbocycles. The third-order valence-corrected chi connectivity index (χ3v) is 3.73. The molecule has 0 aliphatic rings. The molecule has 1 atom stereocenters. The summed E-state index contributed by atoms with van der Waals surface area (Å²) in [6, 6.07) is 9.38. The summed E-state index contributed by atoms with van der Waals surface area (Å²) >= 11 is 5.82. The van der Waals surface area contributed by atoms with Crippen molar-refractivity contribution in [3.8, 4) is 0 Å². The molecular weight excluding hydrogens is 280 g/mol. The lowest BCUT2D eigenvalue weighted by Crippen LogP contribution is -2.20. The highest BCUT2D eigenvalue weighted by atomic mass is 35.5. The molecule has 2 aromatic rings. The topological polar surface area (TPSA) is 12.0 Å². The summed E-state index contributed by atoms with van der Waals surface area (Å²) in [7, 11) is 1.77. The van der Waals surface area contributed by atoms with E-state index in [0.29, 0.717) is 12.0 Å². The summed E-state index contributed by atoms with van der Waals surface area (Å²) in [5.41, 5.74) is 2.35. The zero-order chi connectivity index (χ0) is 14.7. The molecule has 0 spiro atoms. The van der Waals surface area contributed by atoms with E-state index in [9.17, 15) is 8.78 Å². The second-order valence-corrected chi connectivity index (χ2v) is 5.17. The zero-order valence-electron chi connectivity index (χ0n) is 11.4. The Morgan fingerprint density at radius 2 is 1.95 bits per heavy atom. The Kier molecular flexibility index (Phi) is 4.73. The maximum atomic E-state index is 14.1. The summed E-state index contributed by atoms with van der Waals surface area (Å²) in [6.45, 7) is 1.85. The Hall–Kier alpha value is -1.45. The SMILES string of the molecule is CNC(Cc1ccc(F)cc1C)c1cccc(Cl)c1F. The van der Waals surface area contributed by atoms with Gasteiger partial charge >= 0.3 is 0 Å². The summed E-state index contributed by atoms with van der Waals surface area (Å²) in [6.07, 6.45) is 0.569. The van der Waals surface area contributed by atoms with Crippen LogP contribution in [0.15, 0.2) is 36.4 Å². The normalized spacial score (nSPS) is 12.4. The Morgan fingerprint density at radius 3 is 2.60 bits per heavy atom. The molecule has 0 saturated carbocycles. The van der Waals surface area contributed by atoms with Crippen molar-refractivity contribution in [2.45, 2.75) is 19.4 Å². The fraction of sp³-hybridized carbons (Fsp3) is 0.250. The van der Waals surface area contributed by atoms with Crippen molar-refractivity contribution in [3.05, 3.63) is 69.7 Å². The minimum absolute atomic E-state index is 0.110. The van der Waals surface area contributed by atoms with Crippen LogP contribution in [0.2, 0.25) is 5.02 Å². The Morgan fingerprint density at radius 1 is 1.20 bits per heavy atom. The molecule has 0 bridgehead atoms. The van der Waals surface area contributed by atoms with Gasteiger partial charge in [-0.25, -0.2) is 8.78 Å². The van der Waals surface area contributed by atoms with Crippen LogP contribution < -0.4 is 5.32 Å². The van der Waals surface area contributed by atoms with Crippen LogP contribution in [0.25, 0.3) is 0 Å². The average Bonchev–Trinajstić information content (AvgIpc) is 2.42. The molecular formula is C16H16ClF2N. The van der Waals surface area contributed by atoms with E-state index >= 15 is 0 Å². The summed E-state index contributed by atoms with van der Waals surface area (Å²) in [4.78, 5) is 0. The quantitative estimate of drug-likeness (QED) is 0.880. The van der Waals surface area contributed by atoms with Crippen molar-refractivity contribution in [2.24, 2.45) is 0 Å². The molecule has 0 saturated heterocycles. The second kappa shape index (κ2) is 6.33. The fourth-order valence-electron chi connectivity index (χ4n) is 2.27. The Labute approximate surface area is 122 Å². The van der Waals surface area contributed by atoms with E-state index in [1.165, 1.54) is 18.2 Å². The van der Waals surface area contributed by atoms with Crippen LogP contribution in [0, 0.1) is 18.6 Å². The highest BCUT2D eigenvalue weighted by Crippen LogP contribution is 2.26. The van der Waals surface area contributed by atoms with Gasteiger partial charge in [0.15, 0.2) is 0 Å². The molecule has 0 fully saturated rings. The third-order valence-electron chi connectivity index (χ3n) is 3.43. The first-order chi connectivity index (χ1) is 9.52. The van der Waals surface area contributed by atoms with E-state index < -0.39 is 5.82 Å². The minimum Gasteiger partial charge on any atom is -0.313 e. The minimum atomic E-state index is -0.409. The van der Waals surface area contributed by atoms with Crippen molar-refractivity contribution in [1.29, 1.82) is 0 Å². The van der Waals surface area contributed by atoms with Crippen LogP contribution in [-0.4, -0.2) is 7.05 Å². The standard InChI is InChI=1S/C16H16ClF2N/c1-10-8-12(18)7-6-11(10)9-15(20-2)13-4-3-5-14(17)16(13)19/h3-8,15,20H,9H2,1-2H3. The predicted molar refractivity (Wildman–Crippen MR) is 78.1 cm³/mol. The van der Waals surface area contributed by atoms with E-state index in [-0.39, 0.29) is 16.9 Å². The lowest BCUT2D eigenvalue weighted by molar-refractivity contribution is 0.533. The highest BCUT2D eigenvalue weighted by Gasteiger charge is 2.17. The van der Waals surface area contributed by atoms with Gasteiger partial charge < -0.3 is 5.32 Å². The Bertz CT molecular complexity index is 613. The van der Waals surface area contributed by atoms with Gasteiger partial charge in [-0.05, 0) is 49.7 Å². The first-order valence-electron chi connectivity index (χ1n) is 6.39. The largest absolute Gasteiger partial charge is 0.313 e. The molecule has 106 valence electrons. The Balaban J connectivity index is 2.31. The van der Waals surface area contributed by atoms with E-state index in [1.807, 2.05) is 6.92 Å². The average molecular weight is 296 g/mol. The number of likely N-dealkylation sites (N-methyl/N-ethyl adjacent to an activating group) is 1. The number of aryl methyl sites for hydroxylation is 1. The van der Waals surface area contributed by atoms with Crippen LogP contribution in [0.3, 0.4) is 0 Å². The monoisotopic (exact) mass is 295 g/mol. The first kappa shape index (κ1) is 14.9. The number of halogens is 3. The third kappa shape index (κ3) is 3.17. The van der Waals surface area contributed by atoms with Gasteiger partial charge in [-0.2, -0.15) is 0 Å². The lowest BCUT2D eigenvalue weighted by atomic mass is 9.96.